The van der Waals surface area contributed by atoms with E-state index < -0.39 is 0 Å². The third-order valence-corrected chi connectivity index (χ3v) is 2.01. The van der Waals surface area contributed by atoms with Gasteiger partial charge in [0.25, 0.3) is 0 Å². The second-order valence-corrected chi connectivity index (χ2v) is 3.17. The lowest BCUT2D eigenvalue weighted by Gasteiger charge is -2.07. The summed E-state index contributed by atoms with van der Waals surface area (Å²) in [4.78, 5) is 0. The fourth-order valence-corrected chi connectivity index (χ4v) is 1.34. The van der Waals surface area contributed by atoms with E-state index in [9.17, 15) is 0 Å². The molecule has 1 aromatic rings. The normalized spacial score (nSPS) is 9.31. The predicted octanol–water partition coefficient (Wildman–Crippen LogP) is 3.40. The Morgan fingerprint density at radius 3 is 2.46 bits per heavy atom. The molecule has 0 bridgehead atoms. The monoisotopic (exact) mass is 214 g/mol. The first kappa shape index (κ1) is 10.2. The van der Waals surface area contributed by atoms with E-state index in [1.54, 1.807) is 18.2 Å². The summed E-state index contributed by atoms with van der Waals surface area (Å²) in [6.45, 7) is 0.431. The summed E-state index contributed by atoms with van der Waals surface area (Å²) in [5.41, 5.74) is 0. The van der Waals surface area contributed by atoms with Gasteiger partial charge in [-0.15, -0.1) is 12.3 Å². The van der Waals surface area contributed by atoms with Gasteiger partial charge in [0.05, 0.1) is 16.7 Å². The molecule has 0 fully saturated rings. The Morgan fingerprint density at radius 2 is 1.92 bits per heavy atom. The van der Waals surface area contributed by atoms with Gasteiger partial charge in [0, 0.05) is 6.42 Å². The highest BCUT2D eigenvalue weighted by molar-refractivity contribution is 6.37. The molecule has 1 nitrogen and oxygen atoms in total. The van der Waals surface area contributed by atoms with Crippen LogP contribution in [0.3, 0.4) is 0 Å². The molecule has 0 saturated heterocycles. The summed E-state index contributed by atoms with van der Waals surface area (Å²) in [6.07, 6.45) is 5.62. The van der Waals surface area contributed by atoms with Gasteiger partial charge < -0.3 is 4.74 Å². The summed E-state index contributed by atoms with van der Waals surface area (Å²) in [5, 5.41) is 1.01. The van der Waals surface area contributed by atoms with E-state index in [0.717, 1.165) is 0 Å². The molecule has 1 rings (SSSR count). The van der Waals surface area contributed by atoms with E-state index >= 15 is 0 Å². The van der Waals surface area contributed by atoms with Crippen molar-refractivity contribution in [2.24, 2.45) is 0 Å². The van der Waals surface area contributed by atoms with Crippen molar-refractivity contribution in [1.29, 1.82) is 0 Å². The number of halogens is 2. The van der Waals surface area contributed by atoms with Crippen LogP contribution in [0.2, 0.25) is 10.0 Å². The van der Waals surface area contributed by atoms with Gasteiger partial charge in [-0.05, 0) is 12.1 Å². The molecule has 0 aliphatic carbocycles. The molecule has 0 N–H and O–H groups in total. The van der Waals surface area contributed by atoms with Crippen molar-refractivity contribution in [1.82, 2.24) is 0 Å². The van der Waals surface area contributed by atoms with E-state index in [4.69, 9.17) is 34.4 Å². The minimum absolute atomic E-state index is 0.431. The molecule has 0 aliphatic heterocycles. The Hall–Kier alpha value is -0.840. The first-order chi connectivity index (χ1) is 6.25. The summed E-state index contributed by atoms with van der Waals surface area (Å²) >= 11 is 11.7. The SMILES string of the molecule is C#CCCOc1c(Cl)cccc1Cl. The minimum Gasteiger partial charge on any atom is -0.489 e. The van der Waals surface area contributed by atoms with Gasteiger partial charge in [0.1, 0.15) is 0 Å². The minimum atomic E-state index is 0.431. The molecule has 0 aliphatic rings. The van der Waals surface area contributed by atoms with Gasteiger partial charge in [-0.3, -0.25) is 0 Å². The number of para-hydroxylation sites is 1. The zero-order chi connectivity index (χ0) is 9.68. The van der Waals surface area contributed by atoms with Crippen molar-refractivity contribution in [3.05, 3.63) is 28.2 Å². The Morgan fingerprint density at radius 1 is 1.31 bits per heavy atom. The van der Waals surface area contributed by atoms with Crippen LogP contribution in [0.15, 0.2) is 18.2 Å². The lowest BCUT2D eigenvalue weighted by molar-refractivity contribution is 0.327. The highest BCUT2D eigenvalue weighted by Crippen LogP contribution is 2.32. The van der Waals surface area contributed by atoms with E-state index in [2.05, 4.69) is 5.92 Å². The summed E-state index contributed by atoms with van der Waals surface area (Å²) < 4.78 is 5.30. The lowest BCUT2D eigenvalue weighted by atomic mass is 10.3. The fourth-order valence-electron chi connectivity index (χ4n) is 0.832. The van der Waals surface area contributed by atoms with E-state index in [-0.39, 0.29) is 0 Å². The van der Waals surface area contributed by atoms with Gasteiger partial charge in [0.15, 0.2) is 5.75 Å². The molecule has 0 aromatic heterocycles. The predicted molar refractivity (Wildman–Crippen MR) is 55.4 cm³/mol. The zero-order valence-electron chi connectivity index (χ0n) is 6.89. The van der Waals surface area contributed by atoms with Gasteiger partial charge in [-0.25, -0.2) is 0 Å². The highest BCUT2D eigenvalue weighted by Gasteiger charge is 2.05. The van der Waals surface area contributed by atoms with Crippen LogP contribution >= 0.6 is 23.2 Å². The second-order valence-electron chi connectivity index (χ2n) is 2.35. The number of terminal acetylenes is 1. The molecule has 0 atom stereocenters. The molecular weight excluding hydrogens is 207 g/mol. The molecule has 0 radical (unpaired) electrons. The van der Waals surface area contributed by atoms with Crippen molar-refractivity contribution in [2.75, 3.05) is 6.61 Å². The number of hydrogen-bond donors (Lipinski definition) is 0. The molecule has 0 heterocycles. The van der Waals surface area contributed by atoms with E-state index in [1.165, 1.54) is 0 Å². The third-order valence-electron chi connectivity index (χ3n) is 1.41. The quantitative estimate of drug-likeness (QED) is 0.554. The first-order valence-corrected chi connectivity index (χ1v) is 4.51. The zero-order valence-corrected chi connectivity index (χ0v) is 8.40. The van der Waals surface area contributed by atoms with Crippen molar-refractivity contribution < 1.29 is 4.74 Å². The smallest absolute Gasteiger partial charge is 0.156 e. The maximum atomic E-state index is 5.85. The third kappa shape index (κ3) is 2.84. The maximum Gasteiger partial charge on any atom is 0.156 e. The average Bonchev–Trinajstić information content (AvgIpc) is 2.10. The Bertz CT molecular complexity index is 308. The van der Waals surface area contributed by atoms with Crippen molar-refractivity contribution in [3.63, 3.8) is 0 Å². The van der Waals surface area contributed by atoms with Crippen LogP contribution in [0, 0.1) is 12.3 Å². The maximum absolute atomic E-state index is 5.85. The van der Waals surface area contributed by atoms with Crippen LogP contribution in [0.25, 0.3) is 0 Å². The van der Waals surface area contributed by atoms with Crippen LogP contribution in [0.5, 0.6) is 5.75 Å². The molecule has 0 amide bonds. The molecule has 1 aromatic carbocycles. The molecule has 0 spiro atoms. The fraction of sp³-hybridized carbons (Fsp3) is 0.200. The number of benzene rings is 1. The first-order valence-electron chi connectivity index (χ1n) is 3.76. The summed E-state index contributed by atoms with van der Waals surface area (Å²) in [5.74, 6) is 2.97. The Kier molecular flexibility index (Phi) is 3.95. The Labute approximate surface area is 87.6 Å². The molecule has 3 heteroatoms. The summed E-state index contributed by atoms with van der Waals surface area (Å²) in [6, 6.07) is 5.20. The van der Waals surface area contributed by atoms with Gasteiger partial charge in [-0.1, -0.05) is 29.3 Å². The number of rotatable bonds is 3. The molecule has 13 heavy (non-hydrogen) atoms. The number of ether oxygens (including phenoxy) is 1. The second kappa shape index (κ2) is 5.01. The van der Waals surface area contributed by atoms with Crippen molar-refractivity contribution >= 4 is 23.2 Å². The largest absolute Gasteiger partial charge is 0.489 e. The van der Waals surface area contributed by atoms with Crippen LogP contribution in [0.4, 0.5) is 0 Å². The van der Waals surface area contributed by atoms with Crippen LogP contribution in [0.1, 0.15) is 6.42 Å². The van der Waals surface area contributed by atoms with Crippen LogP contribution in [-0.2, 0) is 0 Å². The summed E-state index contributed by atoms with van der Waals surface area (Å²) in [7, 11) is 0. The van der Waals surface area contributed by atoms with Crippen molar-refractivity contribution in [2.45, 2.75) is 6.42 Å². The molecular formula is C10H8Cl2O. The Balaban J connectivity index is 2.71. The van der Waals surface area contributed by atoms with E-state index in [0.29, 0.717) is 28.8 Å². The number of hydrogen-bond acceptors (Lipinski definition) is 1. The topological polar surface area (TPSA) is 9.23 Å². The van der Waals surface area contributed by atoms with Crippen LogP contribution in [-0.4, -0.2) is 6.61 Å². The standard InChI is InChI=1S/C10H8Cl2O/c1-2-3-7-13-10-8(11)5-4-6-9(10)12/h1,4-6H,3,7H2. The highest BCUT2D eigenvalue weighted by atomic mass is 35.5. The van der Waals surface area contributed by atoms with E-state index in [1.807, 2.05) is 0 Å². The molecule has 0 unspecified atom stereocenters. The molecule has 68 valence electrons. The average molecular weight is 215 g/mol. The van der Waals surface area contributed by atoms with Gasteiger partial charge >= 0.3 is 0 Å². The van der Waals surface area contributed by atoms with Gasteiger partial charge in [-0.2, -0.15) is 0 Å². The van der Waals surface area contributed by atoms with Gasteiger partial charge in [0.2, 0.25) is 0 Å². The van der Waals surface area contributed by atoms with Crippen molar-refractivity contribution in [3.8, 4) is 18.1 Å². The molecule has 0 saturated carbocycles. The lowest BCUT2D eigenvalue weighted by Crippen LogP contribution is -1.96. The van der Waals surface area contributed by atoms with Crippen LogP contribution < -0.4 is 4.74 Å².